The fourth-order valence-corrected chi connectivity index (χ4v) is 2.58. The topological polar surface area (TPSA) is 38.6 Å². The molecule has 3 rings (SSSR count). The van der Waals surface area contributed by atoms with Gasteiger partial charge in [-0.25, -0.2) is 4.98 Å². The van der Waals surface area contributed by atoms with Gasteiger partial charge in [0.05, 0.1) is 23.8 Å². The van der Waals surface area contributed by atoms with Crippen molar-refractivity contribution >= 4 is 27.3 Å². The van der Waals surface area contributed by atoms with Crippen LogP contribution in [0.25, 0.3) is 5.65 Å². The lowest BCUT2D eigenvalue weighted by Crippen LogP contribution is -1.99. The molecule has 5 heteroatoms. The van der Waals surface area contributed by atoms with E-state index < -0.39 is 0 Å². The first-order valence-electron chi connectivity index (χ1n) is 6.26. The summed E-state index contributed by atoms with van der Waals surface area (Å²) in [6.07, 6.45) is 4.02. The Hall–Kier alpha value is -2.01. The molecule has 4 nitrogen and oxygen atoms in total. The summed E-state index contributed by atoms with van der Waals surface area (Å²) in [5.74, 6) is 0.822. The average Bonchev–Trinajstić information content (AvgIpc) is 2.88. The van der Waals surface area contributed by atoms with Crippen molar-refractivity contribution in [2.24, 2.45) is 0 Å². The number of anilines is 1. The molecule has 0 saturated heterocycles. The Morgan fingerprint density at radius 1 is 1.30 bits per heavy atom. The lowest BCUT2D eigenvalue weighted by molar-refractivity contribution is 0.412. The van der Waals surface area contributed by atoms with Crippen LogP contribution in [0.3, 0.4) is 0 Å². The van der Waals surface area contributed by atoms with Crippen LogP contribution in [-0.4, -0.2) is 16.5 Å². The van der Waals surface area contributed by atoms with Gasteiger partial charge in [-0.2, -0.15) is 0 Å². The zero-order chi connectivity index (χ0) is 13.9. The maximum atomic E-state index is 5.21. The van der Waals surface area contributed by atoms with E-state index in [1.54, 1.807) is 7.11 Å². The maximum Gasteiger partial charge on any atom is 0.137 e. The highest BCUT2D eigenvalue weighted by atomic mass is 79.9. The number of methoxy groups -OCH3 is 1. The van der Waals surface area contributed by atoms with Crippen molar-refractivity contribution in [3.8, 4) is 5.75 Å². The second-order valence-corrected chi connectivity index (χ2v) is 5.26. The number of rotatable bonds is 4. The van der Waals surface area contributed by atoms with Gasteiger partial charge in [-0.3, -0.25) is 0 Å². The van der Waals surface area contributed by atoms with E-state index in [4.69, 9.17) is 4.74 Å². The van der Waals surface area contributed by atoms with Crippen LogP contribution >= 0.6 is 15.9 Å². The number of hydrogen-bond acceptors (Lipinski definition) is 3. The molecule has 0 fully saturated rings. The van der Waals surface area contributed by atoms with Crippen LogP contribution in [0.1, 0.15) is 5.69 Å². The van der Waals surface area contributed by atoms with Gasteiger partial charge in [-0.1, -0.05) is 6.07 Å². The Morgan fingerprint density at radius 2 is 2.20 bits per heavy atom. The maximum absolute atomic E-state index is 5.21. The molecular weight excluding hydrogens is 318 g/mol. The third-order valence-corrected chi connectivity index (χ3v) is 3.66. The van der Waals surface area contributed by atoms with Crippen LogP contribution < -0.4 is 10.1 Å². The minimum atomic E-state index is 0.681. The van der Waals surface area contributed by atoms with Crippen molar-refractivity contribution in [3.05, 3.63) is 59.0 Å². The number of fused-ring (bicyclic) bond motifs is 1. The summed E-state index contributed by atoms with van der Waals surface area (Å²) < 4.78 is 8.16. The highest BCUT2D eigenvalue weighted by Gasteiger charge is 2.03. The van der Waals surface area contributed by atoms with E-state index in [2.05, 4.69) is 26.2 Å². The van der Waals surface area contributed by atoms with E-state index in [0.29, 0.717) is 6.54 Å². The predicted octanol–water partition coefficient (Wildman–Crippen LogP) is 3.72. The first kappa shape index (κ1) is 13.0. The Balaban J connectivity index is 1.74. The van der Waals surface area contributed by atoms with Gasteiger partial charge >= 0.3 is 0 Å². The zero-order valence-corrected chi connectivity index (χ0v) is 12.6. The second-order valence-electron chi connectivity index (χ2n) is 4.40. The van der Waals surface area contributed by atoms with Gasteiger partial charge in [0.1, 0.15) is 11.4 Å². The minimum absolute atomic E-state index is 0.681. The molecular formula is C15H14BrN3O. The number of hydrogen-bond donors (Lipinski definition) is 1. The number of benzene rings is 1. The third-order valence-electron chi connectivity index (χ3n) is 3.04. The number of nitrogens with zero attached hydrogens (tertiary/aromatic N) is 2. The van der Waals surface area contributed by atoms with Crippen molar-refractivity contribution in [3.63, 3.8) is 0 Å². The molecule has 0 atom stereocenters. The molecule has 1 aromatic carbocycles. The van der Waals surface area contributed by atoms with Gasteiger partial charge in [0.25, 0.3) is 0 Å². The highest BCUT2D eigenvalue weighted by Crippen LogP contribution is 2.27. The Morgan fingerprint density at radius 3 is 2.95 bits per heavy atom. The molecule has 3 aromatic rings. The van der Waals surface area contributed by atoms with Crippen LogP contribution in [0.5, 0.6) is 5.75 Å². The minimum Gasteiger partial charge on any atom is -0.496 e. The summed E-state index contributed by atoms with van der Waals surface area (Å²) in [5, 5.41) is 3.35. The van der Waals surface area contributed by atoms with Crippen molar-refractivity contribution in [2.45, 2.75) is 6.54 Å². The molecule has 0 radical (unpaired) electrons. The largest absolute Gasteiger partial charge is 0.496 e. The normalized spacial score (nSPS) is 10.7. The summed E-state index contributed by atoms with van der Waals surface area (Å²) in [7, 11) is 1.66. The average molecular weight is 332 g/mol. The fourth-order valence-electron chi connectivity index (χ4n) is 2.04. The van der Waals surface area contributed by atoms with Crippen LogP contribution in [-0.2, 0) is 6.54 Å². The van der Waals surface area contributed by atoms with Crippen molar-refractivity contribution in [1.82, 2.24) is 9.38 Å². The molecule has 0 saturated carbocycles. The summed E-state index contributed by atoms with van der Waals surface area (Å²) in [6, 6.07) is 11.9. The summed E-state index contributed by atoms with van der Waals surface area (Å²) >= 11 is 3.48. The molecule has 2 heterocycles. The Bertz CT molecular complexity index is 706. The van der Waals surface area contributed by atoms with Crippen LogP contribution in [0.2, 0.25) is 0 Å². The van der Waals surface area contributed by atoms with Gasteiger partial charge in [0, 0.05) is 18.1 Å². The van der Waals surface area contributed by atoms with Gasteiger partial charge in [0.2, 0.25) is 0 Å². The van der Waals surface area contributed by atoms with E-state index >= 15 is 0 Å². The SMILES string of the molecule is COc1ccc(NCc2cn3ccccc3n2)cc1Br. The number of ether oxygens (including phenoxy) is 1. The van der Waals surface area contributed by atoms with Gasteiger partial charge in [0.15, 0.2) is 0 Å². The number of imidazole rings is 1. The standard InChI is InChI=1S/C15H14BrN3O/c1-20-14-6-5-11(8-13(14)16)17-9-12-10-19-7-3-2-4-15(19)18-12/h2-8,10,17H,9H2,1H3. The van der Waals surface area contributed by atoms with E-state index in [9.17, 15) is 0 Å². The van der Waals surface area contributed by atoms with Gasteiger partial charge in [-0.05, 0) is 46.3 Å². The zero-order valence-electron chi connectivity index (χ0n) is 11.0. The molecule has 0 unspecified atom stereocenters. The summed E-state index contributed by atoms with van der Waals surface area (Å²) in [4.78, 5) is 4.55. The highest BCUT2D eigenvalue weighted by molar-refractivity contribution is 9.10. The predicted molar refractivity (Wildman–Crippen MR) is 83.2 cm³/mol. The van der Waals surface area contributed by atoms with Crippen molar-refractivity contribution in [2.75, 3.05) is 12.4 Å². The van der Waals surface area contributed by atoms with Gasteiger partial charge in [-0.15, -0.1) is 0 Å². The third kappa shape index (κ3) is 2.63. The molecule has 1 N–H and O–H groups in total. The second kappa shape index (κ2) is 5.54. The van der Waals surface area contributed by atoms with Crippen LogP contribution in [0, 0.1) is 0 Å². The molecule has 0 bridgehead atoms. The van der Waals surface area contributed by atoms with Crippen LogP contribution in [0.15, 0.2) is 53.3 Å². The van der Waals surface area contributed by atoms with Crippen molar-refractivity contribution < 1.29 is 4.74 Å². The monoisotopic (exact) mass is 331 g/mol. The fraction of sp³-hybridized carbons (Fsp3) is 0.133. The summed E-state index contributed by atoms with van der Waals surface area (Å²) in [5.41, 5.74) is 2.98. The first-order chi connectivity index (χ1) is 9.76. The molecule has 0 aliphatic carbocycles. The molecule has 0 aliphatic heterocycles. The van der Waals surface area contributed by atoms with Gasteiger partial charge < -0.3 is 14.5 Å². The summed E-state index contributed by atoms with van der Waals surface area (Å²) in [6.45, 7) is 0.681. The number of halogens is 1. The molecule has 2 aromatic heterocycles. The number of pyridine rings is 1. The van der Waals surface area contributed by atoms with E-state index in [1.165, 1.54) is 0 Å². The Kier molecular flexibility index (Phi) is 3.60. The first-order valence-corrected chi connectivity index (χ1v) is 7.05. The Labute approximate surface area is 125 Å². The van der Waals surface area contributed by atoms with E-state index in [1.807, 2.05) is 53.2 Å². The lowest BCUT2D eigenvalue weighted by atomic mass is 10.3. The molecule has 0 amide bonds. The molecule has 102 valence electrons. The molecule has 20 heavy (non-hydrogen) atoms. The lowest BCUT2D eigenvalue weighted by Gasteiger charge is -2.07. The smallest absolute Gasteiger partial charge is 0.137 e. The molecule has 0 aliphatic rings. The number of nitrogens with one attached hydrogen (secondary N) is 1. The quantitative estimate of drug-likeness (QED) is 0.791. The number of aromatic nitrogens is 2. The molecule has 0 spiro atoms. The van der Waals surface area contributed by atoms with Crippen LogP contribution in [0.4, 0.5) is 5.69 Å². The van der Waals surface area contributed by atoms with Crippen molar-refractivity contribution in [1.29, 1.82) is 0 Å². The van der Waals surface area contributed by atoms with E-state index in [-0.39, 0.29) is 0 Å². The van der Waals surface area contributed by atoms with E-state index in [0.717, 1.165) is 27.3 Å².